The Morgan fingerprint density at radius 2 is 2.06 bits per heavy atom. The van der Waals surface area contributed by atoms with Gasteiger partial charge in [0.05, 0.1) is 17.9 Å². The Hall–Kier alpha value is -3.39. The van der Waals surface area contributed by atoms with Crippen LogP contribution in [-0.2, 0) is 4.79 Å². The summed E-state index contributed by atoms with van der Waals surface area (Å²) in [4.78, 5) is 25.6. The van der Waals surface area contributed by atoms with Crippen molar-refractivity contribution in [1.29, 1.82) is 0 Å². The molecule has 2 aromatic carbocycles. The van der Waals surface area contributed by atoms with E-state index in [1.54, 1.807) is 10.7 Å². The molecule has 2 heterocycles. The van der Waals surface area contributed by atoms with Gasteiger partial charge >= 0.3 is 0 Å². The Balaban J connectivity index is 1.69. The van der Waals surface area contributed by atoms with Crippen molar-refractivity contribution < 1.29 is 14.3 Å². The van der Waals surface area contributed by atoms with Gasteiger partial charge in [-0.2, -0.15) is 5.10 Å². The first-order valence-corrected chi connectivity index (χ1v) is 10.6. The summed E-state index contributed by atoms with van der Waals surface area (Å²) in [6.45, 7) is 6.21. The first-order chi connectivity index (χ1) is 15.0. The summed E-state index contributed by atoms with van der Waals surface area (Å²) >= 11 is 0. The lowest BCUT2D eigenvalue weighted by Gasteiger charge is -2.31. The molecular weight excluding hydrogens is 394 g/mol. The molecule has 3 aromatic rings. The van der Waals surface area contributed by atoms with Crippen LogP contribution in [0.3, 0.4) is 0 Å². The van der Waals surface area contributed by atoms with Crippen LogP contribution >= 0.6 is 0 Å². The number of hydrogen-bond donors (Lipinski definition) is 3. The van der Waals surface area contributed by atoms with Crippen LogP contribution in [0, 0.1) is 6.92 Å². The highest BCUT2D eigenvalue weighted by molar-refractivity contribution is 6.14. The molecule has 8 heteroatoms. The van der Waals surface area contributed by atoms with E-state index < -0.39 is 6.29 Å². The molecule has 1 saturated heterocycles. The molecule has 31 heavy (non-hydrogen) atoms. The van der Waals surface area contributed by atoms with E-state index in [0.717, 1.165) is 22.9 Å². The second kappa shape index (κ2) is 8.77. The third kappa shape index (κ3) is 4.25. The van der Waals surface area contributed by atoms with E-state index in [4.69, 9.17) is 4.74 Å². The first-order valence-electron chi connectivity index (χ1n) is 10.6. The summed E-state index contributed by atoms with van der Waals surface area (Å²) in [5, 5.41) is 15.5. The lowest BCUT2D eigenvalue weighted by molar-refractivity contribution is -0.125. The predicted octanol–water partition coefficient (Wildman–Crippen LogP) is 3.34. The van der Waals surface area contributed by atoms with Crippen LogP contribution in [0.25, 0.3) is 10.8 Å². The van der Waals surface area contributed by atoms with Crippen LogP contribution in [0.5, 0.6) is 5.75 Å². The van der Waals surface area contributed by atoms with Gasteiger partial charge in [0.15, 0.2) is 6.29 Å². The van der Waals surface area contributed by atoms with Crippen molar-refractivity contribution in [3.63, 3.8) is 0 Å². The van der Waals surface area contributed by atoms with Crippen molar-refractivity contribution in [2.24, 2.45) is 0 Å². The fraction of sp³-hybridized carbons (Fsp3) is 0.348. The number of amides is 2. The SMILES string of the molecule is CCOc1ccc2ccccc2c1C(=O)Nc1cc(C)nn1C1NC(=O)CC(CC)N1. The summed E-state index contributed by atoms with van der Waals surface area (Å²) < 4.78 is 7.36. The maximum atomic E-state index is 13.4. The van der Waals surface area contributed by atoms with E-state index in [1.165, 1.54) is 0 Å². The van der Waals surface area contributed by atoms with E-state index in [2.05, 4.69) is 21.0 Å². The topological polar surface area (TPSA) is 97.3 Å². The molecule has 3 N–H and O–H groups in total. The zero-order valence-corrected chi connectivity index (χ0v) is 17.9. The minimum atomic E-state index is -0.533. The molecule has 2 unspecified atom stereocenters. The number of aromatic nitrogens is 2. The van der Waals surface area contributed by atoms with Crippen molar-refractivity contribution in [2.45, 2.75) is 45.9 Å². The normalized spacial score (nSPS) is 18.6. The molecule has 0 radical (unpaired) electrons. The Morgan fingerprint density at radius 3 is 2.84 bits per heavy atom. The quantitative estimate of drug-likeness (QED) is 0.567. The summed E-state index contributed by atoms with van der Waals surface area (Å²) in [7, 11) is 0. The average molecular weight is 422 g/mol. The van der Waals surface area contributed by atoms with Crippen LogP contribution in [-0.4, -0.2) is 34.2 Å². The van der Waals surface area contributed by atoms with Crippen molar-refractivity contribution >= 4 is 28.4 Å². The van der Waals surface area contributed by atoms with Crippen molar-refractivity contribution in [3.05, 3.63) is 53.7 Å². The molecule has 0 spiro atoms. The molecule has 2 amide bonds. The van der Waals surface area contributed by atoms with Gasteiger partial charge in [0.1, 0.15) is 11.6 Å². The number of rotatable bonds is 6. The van der Waals surface area contributed by atoms with Gasteiger partial charge < -0.3 is 15.4 Å². The summed E-state index contributed by atoms with van der Waals surface area (Å²) in [5.41, 5.74) is 1.20. The third-order valence-electron chi connectivity index (χ3n) is 5.38. The van der Waals surface area contributed by atoms with E-state index in [-0.39, 0.29) is 17.9 Å². The highest BCUT2D eigenvalue weighted by Gasteiger charge is 2.28. The number of anilines is 1. The van der Waals surface area contributed by atoms with Crippen molar-refractivity contribution in [2.75, 3.05) is 11.9 Å². The van der Waals surface area contributed by atoms with E-state index in [0.29, 0.717) is 30.2 Å². The largest absolute Gasteiger partial charge is 0.493 e. The standard InChI is InChI=1S/C23H27N5O3/c1-4-16-13-20(29)26-23(24-16)28-19(12-14(3)27-28)25-22(30)21-17-9-7-6-8-15(17)10-11-18(21)31-5-2/h6-12,16,23-24H,4-5,13H2,1-3H3,(H,25,30)(H,26,29). The molecule has 4 rings (SSSR count). The van der Waals surface area contributed by atoms with Crippen LogP contribution in [0.2, 0.25) is 0 Å². The van der Waals surface area contributed by atoms with E-state index in [1.807, 2.05) is 57.2 Å². The van der Waals surface area contributed by atoms with Gasteiger partial charge in [0, 0.05) is 18.5 Å². The number of carbonyl (C=O) groups excluding carboxylic acids is 2. The van der Waals surface area contributed by atoms with Gasteiger partial charge in [-0.15, -0.1) is 0 Å². The Bertz CT molecular complexity index is 1120. The monoisotopic (exact) mass is 421 g/mol. The number of benzene rings is 2. The van der Waals surface area contributed by atoms with Crippen LogP contribution in [0.4, 0.5) is 5.82 Å². The summed E-state index contributed by atoms with van der Waals surface area (Å²) in [5.74, 6) is 0.674. The van der Waals surface area contributed by atoms with Gasteiger partial charge in [-0.1, -0.05) is 37.3 Å². The molecule has 1 fully saturated rings. The first kappa shape index (κ1) is 20.9. The molecule has 0 bridgehead atoms. The molecule has 2 atom stereocenters. The van der Waals surface area contributed by atoms with Gasteiger partial charge in [0.25, 0.3) is 5.91 Å². The summed E-state index contributed by atoms with van der Waals surface area (Å²) in [6, 6.07) is 13.3. The average Bonchev–Trinajstić information content (AvgIpc) is 3.13. The van der Waals surface area contributed by atoms with Crippen molar-refractivity contribution in [3.8, 4) is 5.75 Å². The lowest BCUT2D eigenvalue weighted by atomic mass is 10.0. The molecule has 0 aliphatic carbocycles. The number of nitrogens with zero attached hydrogens (tertiary/aromatic N) is 2. The Labute approximate surface area is 181 Å². The maximum absolute atomic E-state index is 13.4. The number of ether oxygens (including phenoxy) is 1. The molecule has 1 aliphatic heterocycles. The fourth-order valence-electron chi connectivity index (χ4n) is 3.90. The molecule has 1 aromatic heterocycles. The smallest absolute Gasteiger partial charge is 0.261 e. The fourth-order valence-corrected chi connectivity index (χ4v) is 3.90. The highest BCUT2D eigenvalue weighted by Crippen LogP contribution is 2.29. The van der Waals surface area contributed by atoms with Gasteiger partial charge in [-0.05, 0) is 37.1 Å². The van der Waals surface area contributed by atoms with Crippen LogP contribution in [0.1, 0.15) is 49.0 Å². The minimum absolute atomic E-state index is 0.0475. The predicted molar refractivity (Wildman–Crippen MR) is 119 cm³/mol. The molecule has 0 saturated carbocycles. The van der Waals surface area contributed by atoms with Crippen molar-refractivity contribution in [1.82, 2.24) is 20.4 Å². The number of carbonyl (C=O) groups is 2. The maximum Gasteiger partial charge on any atom is 0.261 e. The van der Waals surface area contributed by atoms with E-state index in [9.17, 15) is 9.59 Å². The van der Waals surface area contributed by atoms with E-state index >= 15 is 0 Å². The van der Waals surface area contributed by atoms with Gasteiger partial charge in [-0.3, -0.25) is 14.9 Å². The third-order valence-corrected chi connectivity index (χ3v) is 5.38. The van der Waals surface area contributed by atoms with Gasteiger partial charge in [0.2, 0.25) is 5.91 Å². The molecule has 8 nitrogen and oxygen atoms in total. The number of nitrogens with one attached hydrogen (secondary N) is 3. The zero-order valence-electron chi connectivity index (χ0n) is 17.9. The number of fused-ring (bicyclic) bond motifs is 1. The minimum Gasteiger partial charge on any atom is -0.493 e. The Kier molecular flexibility index (Phi) is 5.90. The lowest BCUT2D eigenvalue weighted by Crippen LogP contribution is -2.53. The molecule has 1 aliphatic rings. The number of hydrogen-bond acceptors (Lipinski definition) is 5. The van der Waals surface area contributed by atoms with Gasteiger partial charge in [-0.25, -0.2) is 4.68 Å². The summed E-state index contributed by atoms with van der Waals surface area (Å²) in [6.07, 6.45) is 0.705. The molecular formula is C23H27N5O3. The second-order valence-electron chi connectivity index (χ2n) is 7.61. The molecule has 162 valence electrons. The number of aryl methyl sites for hydroxylation is 1. The van der Waals surface area contributed by atoms with Crippen LogP contribution < -0.4 is 20.7 Å². The van der Waals surface area contributed by atoms with Crippen LogP contribution in [0.15, 0.2) is 42.5 Å². The zero-order chi connectivity index (χ0) is 22.0. The Morgan fingerprint density at radius 1 is 1.26 bits per heavy atom. The highest BCUT2D eigenvalue weighted by atomic mass is 16.5. The second-order valence-corrected chi connectivity index (χ2v) is 7.61.